The van der Waals surface area contributed by atoms with Crippen LogP contribution in [0, 0.1) is 0 Å². The van der Waals surface area contributed by atoms with Gasteiger partial charge in [-0.3, -0.25) is 4.57 Å². The van der Waals surface area contributed by atoms with E-state index in [4.69, 9.17) is 19.4 Å². The second-order valence-electron chi connectivity index (χ2n) is 9.94. The van der Waals surface area contributed by atoms with Gasteiger partial charge >= 0.3 is 6.09 Å². The number of halogens is 2. The van der Waals surface area contributed by atoms with Crippen molar-refractivity contribution in [3.63, 3.8) is 0 Å². The van der Waals surface area contributed by atoms with Gasteiger partial charge in [-0.2, -0.15) is 9.97 Å². The van der Waals surface area contributed by atoms with Crippen LogP contribution in [0.5, 0.6) is 0 Å². The lowest BCUT2D eigenvalue weighted by Gasteiger charge is -2.31. The van der Waals surface area contributed by atoms with Gasteiger partial charge in [-0.1, -0.05) is 25.5 Å². The van der Waals surface area contributed by atoms with Crippen molar-refractivity contribution < 1.29 is 23.0 Å². The maximum atomic E-state index is 14.1. The molecule has 1 saturated carbocycles. The molecule has 3 heterocycles. The number of nitrogens with zero attached hydrogens (tertiary/aromatic N) is 5. The number of hydrogen-bond acceptors (Lipinski definition) is 8. The second-order valence-corrected chi connectivity index (χ2v) is 9.94. The maximum absolute atomic E-state index is 14.1. The number of carbonyl (C=O) groups is 1. The maximum Gasteiger partial charge on any atom is 0.407 e. The van der Waals surface area contributed by atoms with Crippen molar-refractivity contribution in [1.82, 2.24) is 24.8 Å². The normalized spacial score (nSPS) is 19.8. The predicted molar refractivity (Wildman–Crippen MR) is 144 cm³/mol. The molecule has 3 aromatic rings. The first-order valence-corrected chi connectivity index (χ1v) is 13.7. The van der Waals surface area contributed by atoms with Gasteiger partial charge in [0.15, 0.2) is 5.82 Å². The number of ether oxygens (including phenoxy) is 2. The monoisotopic (exact) mass is 543 g/mol. The van der Waals surface area contributed by atoms with Gasteiger partial charge in [0.2, 0.25) is 5.95 Å². The Morgan fingerprint density at radius 3 is 2.69 bits per heavy atom. The molecule has 1 aromatic carbocycles. The van der Waals surface area contributed by atoms with Crippen molar-refractivity contribution in [3.8, 4) is 5.82 Å². The molecule has 10 nitrogen and oxygen atoms in total. The molecule has 0 bridgehead atoms. The molecule has 5 rings (SSSR count). The van der Waals surface area contributed by atoms with Crippen LogP contribution < -0.4 is 15.5 Å². The molecule has 2 N–H and O–H groups in total. The highest BCUT2D eigenvalue weighted by molar-refractivity contribution is 5.78. The van der Waals surface area contributed by atoms with E-state index in [2.05, 4.69) is 20.5 Å². The topological polar surface area (TPSA) is 106 Å². The number of benzene rings is 1. The average Bonchev–Trinajstić information content (AvgIpc) is 3.34. The van der Waals surface area contributed by atoms with E-state index in [1.165, 1.54) is 4.57 Å². The Morgan fingerprint density at radius 2 is 1.90 bits per heavy atom. The van der Waals surface area contributed by atoms with Crippen molar-refractivity contribution in [3.05, 3.63) is 36.2 Å². The van der Waals surface area contributed by atoms with E-state index in [1.807, 2.05) is 6.92 Å². The highest BCUT2D eigenvalue weighted by atomic mass is 19.3. The first kappa shape index (κ1) is 27.0. The number of nitrogens with one attached hydrogen (secondary N) is 2. The van der Waals surface area contributed by atoms with Gasteiger partial charge in [-0.15, -0.1) is 0 Å². The minimum Gasteiger partial charge on any atom is -0.450 e. The van der Waals surface area contributed by atoms with Crippen LogP contribution in [-0.4, -0.2) is 70.6 Å². The molecule has 1 amide bonds. The van der Waals surface area contributed by atoms with E-state index in [-0.39, 0.29) is 17.9 Å². The number of rotatable bonds is 9. The number of imidazole rings is 1. The fraction of sp³-hybridized carbons (Fsp3) is 0.556. The fourth-order valence-electron chi connectivity index (χ4n) is 5.14. The Balaban J connectivity index is 1.42. The molecule has 0 radical (unpaired) electrons. The van der Waals surface area contributed by atoms with E-state index in [1.54, 1.807) is 30.3 Å². The number of anilines is 2. The van der Waals surface area contributed by atoms with Crippen LogP contribution in [0.25, 0.3) is 16.9 Å². The van der Waals surface area contributed by atoms with Crippen LogP contribution in [0.15, 0.2) is 30.3 Å². The van der Waals surface area contributed by atoms with Crippen molar-refractivity contribution in [2.45, 2.75) is 64.0 Å². The first-order valence-electron chi connectivity index (χ1n) is 13.7. The van der Waals surface area contributed by atoms with Gasteiger partial charge in [-0.25, -0.2) is 18.6 Å². The quantitative estimate of drug-likeness (QED) is 0.370. The van der Waals surface area contributed by atoms with Crippen LogP contribution in [0.1, 0.15) is 57.7 Å². The highest BCUT2D eigenvalue weighted by Gasteiger charge is 2.27. The van der Waals surface area contributed by atoms with Crippen molar-refractivity contribution in [2.75, 3.05) is 43.1 Å². The van der Waals surface area contributed by atoms with E-state index in [9.17, 15) is 13.6 Å². The van der Waals surface area contributed by atoms with E-state index >= 15 is 0 Å². The van der Waals surface area contributed by atoms with Crippen LogP contribution in [0.4, 0.5) is 25.3 Å². The Hall–Kier alpha value is -3.54. The Morgan fingerprint density at radius 1 is 1.13 bits per heavy atom. The number of alkyl carbamates (subject to hydrolysis) is 1. The number of hydrogen-bond donors (Lipinski definition) is 2. The molecule has 39 heavy (non-hydrogen) atoms. The minimum absolute atomic E-state index is 0.00146. The zero-order chi connectivity index (χ0) is 27.2. The molecule has 1 aliphatic heterocycles. The summed E-state index contributed by atoms with van der Waals surface area (Å²) in [5.41, 5.74) is 1.02. The number of fused-ring (bicyclic) bond motifs is 1. The van der Waals surface area contributed by atoms with Crippen LogP contribution in [0.3, 0.4) is 0 Å². The highest BCUT2D eigenvalue weighted by Crippen LogP contribution is 2.30. The van der Waals surface area contributed by atoms with Gasteiger partial charge in [-0.05, 0) is 44.2 Å². The molecule has 210 valence electrons. The molecule has 2 aliphatic rings. The largest absolute Gasteiger partial charge is 0.450 e. The minimum atomic E-state index is -2.78. The van der Waals surface area contributed by atoms with E-state index in [0.29, 0.717) is 67.9 Å². The summed E-state index contributed by atoms with van der Waals surface area (Å²) in [6.07, 6.45) is 1.95. The third-order valence-corrected chi connectivity index (χ3v) is 7.11. The summed E-state index contributed by atoms with van der Waals surface area (Å²) in [6, 6.07) is 8.74. The molecule has 12 heteroatoms. The first-order chi connectivity index (χ1) is 19.0. The summed E-state index contributed by atoms with van der Waals surface area (Å²) in [5.74, 6) is 0.942. The van der Waals surface area contributed by atoms with Gasteiger partial charge in [0, 0.05) is 31.2 Å². The molecule has 2 fully saturated rings. The fourth-order valence-corrected chi connectivity index (χ4v) is 5.14. The van der Waals surface area contributed by atoms with Crippen LogP contribution in [-0.2, 0) is 9.47 Å². The lowest BCUT2D eigenvalue weighted by molar-refractivity contribution is 0.122. The SMILES string of the molecule is CCCCOC(=O)NC1CCCC(Nc2nc(N3CCOCC3)cc(-n3c(C(F)F)nc4ccccc43)n2)C1. The molecule has 2 unspecified atom stereocenters. The summed E-state index contributed by atoms with van der Waals surface area (Å²) in [4.78, 5) is 27.9. The lowest BCUT2D eigenvalue weighted by atomic mass is 9.91. The van der Waals surface area contributed by atoms with Gasteiger partial charge in [0.1, 0.15) is 11.6 Å². The summed E-state index contributed by atoms with van der Waals surface area (Å²) in [5, 5.41) is 6.39. The molecule has 2 atom stereocenters. The number of carbonyl (C=O) groups excluding carboxylic acids is 1. The van der Waals surface area contributed by atoms with Gasteiger partial charge in [0.25, 0.3) is 6.43 Å². The Bertz CT molecular complexity index is 1270. The van der Waals surface area contributed by atoms with Gasteiger partial charge in [0.05, 0.1) is 30.9 Å². The number of aromatic nitrogens is 4. The smallest absolute Gasteiger partial charge is 0.407 e. The lowest BCUT2D eigenvalue weighted by Crippen LogP contribution is -2.42. The molecular weight excluding hydrogens is 508 g/mol. The Labute approximate surface area is 226 Å². The summed E-state index contributed by atoms with van der Waals surface area (Å²) in [6.45, 7) is 4.84. The van der Waals surface area contributed by atoms with E-state index < -0.39 is 12.5 Å². The zero-order valence-corrected chi connectivity index (χ0v) is 22.1. The summed E-state index contributed by atoms with van der Waals surface area (Å²) >= 11 is 0. The number of unbranched alkanes of at least 4 members (excludes halogenated alkanes) is 1. The van der Waals surface area contributed by atoms with Crippen LogP contribution in [0.2, 0.25) is 0 Å². The average molecular weight is 544 g/mol. The standard InChI is InChI=1S/C27H35F2N7O3/c1-2-3-13-39-27(37)31-19-8-6-7-18(16-19)30-26-33-22(35-11-14-38-15-12-35)17-23(34-26)36-21-10-5-4-9-20(21)32-25(36)24(28)29/h4-5,9-10,17-19,24H,2-3,6-8,11-16H2,1H3,(H,31,37)(H,30,33,34). The number of amides is 1. The molecule has 2 aromatic heterocycles. The number of alkyl halides is 2. The molecule has 1 aliphatic carbocycles. The number of para-hydroxylation sites is 2. The van der Waals surface area contributed by atoms with Crippen LogP contribution >= 0.6 is 0 Å². The van der Waals surface area contributed by atoms with Gasteiger partial charge < -0.3 is 25.0 Å². The number of morpholine rings is 1. The zero-order valence-electron chi connectivity index (χ0n) is 22.1. The third-order valence-electron chi connectivity index (χ3n) is 7.11. The van der Waals surface area contributed by atoms with Crippen molar-refractivity contribution in [1.29, 1.82) is 0 Å². The molecule has 1 saturated heterocycles. The van der Waals surface area contributed by atoms with Crippen molar-refractivity contribution in [2.24, 2.45) is 0 Å². The summed E-state index contributed by atoms with van der Waals surface area (Å²) < 4.78 is 40.4. The predicted octanol–water partition coefficient (Wildman–Crippen LogP) is 4.84. The Kier molecular flexibility index (Phi) is 8.70. The summed E-state index contributed by atoms with van der Waals surface area (Å²) in [7, 11) is 0. The second kappa shape index (κ2) is 12.5. The molecule has 0 spiro atoms. The molecular formula is C27H35F2N7O3. The van der Waals surface area contributed by atoms with E-state index in [0.717, 1.165) is 32.1 Å². The van der Waals surface area contributed by atoms with Crippen molar-refractivity contribution >= 4 is 28.9 Å². The third kappa shape index (κ3) is 6.55.